The predicted molar refractivity (Wildman–Crippen MR) is 74.6 cm³/mol. The highest BCUT2D eigenvalue weighted by atomic mass is 79.9. The molecule has 0 saturated heterocycles. The fraction of sp³-hybridized carbons (Fsp3) is 0.500. The summed E-state index contributed by atoms with van der Waals surface area (Å²) < 4.78 is 16.4. The second-order valence-corrected chi connectivity index (χ2v) is 7.41. The molecular formula is C12H19BrO3Si. The third-order valence-electron chi connectivity index (χ3n) is 2.89. The molecule has 0 amide bonds. The molecule has 0 aliphatic heterocycles. The molecule has 0 aliphatic rings. The van der Waals surface area contributed by atoms with E-state index in [-0.39, 0.29) is 0 Å². The zero-order valence-electron chi connectivity index (χ0n) is 10.5. The monoisotopic (exact) mass is 318 g/mol. The fourth-order valence-electron chi connectivity index (χ4n) is 1.79. The lowest BCUT2D eigenvalue weighted by Gasteiger charge is -2.28. The van der Waals surface area contributed by atoms with Gasteiger partial charge in [0, 0.05) is 32.7 Å². The molecule has 1 atom stereocenters. The minimum Gasteiger partial charge on any atom is -0.377 e. The Morgan fingerprint density at radius 3 is 2.00 bits per heavy atom. The summed E-state index contributed by atoms with van der Waals surface area (Å²) in [5.41, 5.74) is 1.27. The average Bonchev–Trinajstić information content (AvgIpc) is 2.42. The Bertz CT molecular complexity index is 309. The van der Waals surface area contributed by atoms with E-state index in [1.54, 1.807) is 21.3 Å². The molecule has 0 heterocycles. The summed E-state index contributed by atoms with van der Waals surface area (Å²) >= 11 is 3.55. The standard InChI is InChI=1S/C12H19BrO3Si/c1-14-17(15-2,16-3)10-12(9-13)11-7-5-4-6-8-11/h4-8,12H,9-10H2,1-3H3. The Balaban J connectivity index is 2.82. The van der Waals surface area contributed by atoms with Gasteiger partial charge in [0.2, 0.25) is 0 Å². The highest BCUT2D eigenvalue weighted by Crippen LogP contribution is 2.29. The normalized spacial score (nSPS) is 13.6. The van der Waals surface area contributed by atoms with Crippen molar-refractivity contribution in [2.24, 2.45) is 0 Å². The molecule has 3 nitrogen and oxygen atoms in total. The lowest BCUT2D eigenvalue weighted by molar-refractivity contribution is 0.122. The molecule has 5 heteroatoms. The van der Waals surface area contributed by atoms with Crippen molar-refractivity contribution in [3.8, 4) is 0 Å². The van der Waals surface area contributed by atoms with Gasteiger partial charge < -0.3 is 13.3 Å². The van der Waals surface area contributed by atoms with Crippen LogP contribution in [0, 0.1) is 0 Å². The van der Waals surface area contributed by atoms with E-state index in [0.29, 0.717) is 5.92 Å². The predicted octanol–water partition coefficient (Wildman–Crippen LogP) is 3.04. The molecule has 0 aliphatic carbocycles. The van der Waals surface area contributed by atoms with Crippen molar-refractivity contribution in [2.75, 3.05) is 26.7 Å². The van der Waals surface area contributed by atoms with E-state index in [4.69, 9.17) is 13.3 Å². The second-order valence-electron chi connectivity index (χ2n) is 3.76. The second kappa shape index (κ2) is 7.28. The zero-order valence-corrected chi connectivity index (χ0v) is 13.1. The molecule has 1 aromatic rings. The number of alkyl halides is 1. The van der Waals surface area contributed by atoms with Gasteiger partial charge in [-0.1, -0.05) is 46.3 Å². The first-order valence-corrected chi connectivity index (χ1v) is 8.53. The smallest absolute Gasteiger partial charge is 0.377 e. The molecule has 0 bridgehead atoms. The first-order chi connectivity index (χ1) is 8.21. The summed E-state index contributed by atoms with van der Waals surface area (Å²) in [4.78, 5) is 0. The number of hydrogen-bond acceptors (Lipinski definition) is 3. The van der Waals surface area contributed by atoms with Crippen LogP contribution in [0.3, 0.4) is 0 Å². The summed E-state index contributed by atoms with van der Waals surface area (Å²) in [6.07, 6.45) is 0. The average molecular weight is 319 g/mol. The molecule has 1 unspecified atom stereocenters. The summed E-state index contributed by atoms with van der Waals surface area (Å²) in [6, 6.07) is 11.1. The Labute approximate surface area is 113 Å². The van der Waals surface area contributed by atoms with E-state index in [1.165, 1.54) is 5.56 Å². The first-order valence-electron chi connectivity index (χ1n) is 5.47. The maximum absolute atomic E-state index is 5.46. The SMILES string of the molecule is CO[Si](CC(CBr)c1ccccc1)(OC)OC. The van der Waals surface area contributed by atoms with Crippen LogP contribution in [0.5, 0.6) is 0 Å². The van der Waals surface area contributed by atoms with Crippen LogP contribution >= 0.6 is 15.9 Å². The van der Waals surface area contributed by atoms with Crippen LogP contribution in [0.15, 0.2) is 30.3 Å². The minimum absolute atomic E-state index is 0.336. The van der Waals surface area contributed by atoms with Crippen molar-refractivity contribution in [2.45, 2.75) is 12.0 Å². The van der Waals surface area contributed by atoms with E-state index < -0.39 is 8.80 Å². The maximum Gasteiger partial charge on any atom is 0.500 e. The molecule has 17 heavy (non-hydrogen) atoms. The summed E-state index contributed by atoms with van der Waals surface area (Å²) in [5, 5.41) is 0.863. The van der Waals surface area contributed by atoms with Crippen LogP contribution in [-0.4, -0.2) is 35.5 Å². The molecule has 0 aromatic heterocycles. The van der Waals surface area contributed by atoms with Crippen LogP contribution in [0.25, 0.3) is 0 Å². The van der Waals surface area contributed by atoms with Gasteiger partial charge in [-0.25, -0.2) is 0 Å². The molecular weight excluding hydrogens is 300 g/mol. The van der Waals surface area contributed by atoms with Gasteiger partial charge in [-0.15, -0.1) is 0 Å². The minimum atomic E-state index is -2.51. The molecule has 0 N–H and O–H groups in total. The molecule has 0 fully saturated rings. The lowest BCUT2D eigenvalue weighted by atomic mass is 10.0. The summed E-state index contributed by atoms with van der Waals surface area (Å²) in [6.45, 7) is 0. The van der Waals surface area contributed by atoms with Crippen molar-refractivity contribution >= 4 is 24.7 Å². The van der Waals surface area contributed by atoms with E-state index in [2.05, 4.69) is 28.1 Å². The maximum atomic E-state index is 5.46. The highest BCUT2D eigenvalue weighted by molar-refractivity contribution is 9.09. The van der Waals surface area contributed by atoms with Gasteiger partial charge in [-0.2, -0.15) is 0 Å². The first kappa shape index (κ1) is 14.9. The molecule has 0 radical (unpaired) electrons. The van der Waals surface area contributed by atoms with Gasteiger partial charge in [0.05, 0.1) is 0 Å². The van der Waals surface area contributed by atoms with Crippen molar-refractivity contribution in [1.29, 1.82) is 0 Å². The molecule has 1 aromatic carbocycles. The quantitative estimate of drug-likeness (QED) is 0.571. The Morgan fingerprint density at radius 2 is 1.59 bits per heavy atom. The molecule has 96 valence electrons. The highest BCUT2D eigenvalue weighted by Gasteiger charge is 2.40. The van der Waals surface area contributed by atoms with Crippen molar-refractivity contribution in [3.05, 3.63) is 35.9 Å². The third kappa shape index (κ3) is 3.89. The molecule has 1 rings (SSSR count). The van der Waals surface area contributed by atoms with Gasteiger partial charge in [0.25, 0.3) is 0 Å². The van der Waals surface area contributed by atoms with Gasteiger partial charge in [-0.05, 0) is 11.5 Å². The van der Waals surface area contributed by atoms with E-state index in [9.17, 15) is 0 Å². The number of halogens is 1. The van der Waals surface area contributed by atoms with E-state index in [1.807, 2.05) is 18.2 Å². The Kier molecular flexibility index (Phi) is 6.36. The van der Waals surface area contributed by atoms with Gasteiger partial charge in [0.1, 0.15) is 0 Å². The lowest BCUT2D eigenvalue weighted by Crippen LogP contribution is -2.44. The van der Waals surface area contributed by atoms with Gasteiger partial charge in [0.15, 0.2) is 0 Å². The van der Waals surface area contributed by atoms with Crippen molar-refractivity contribution in [1.82, 2.24) is 0 Å². The summed E-state index contributed by atoms with van der Waals surface area (Å²) in [7, 11) is 2.43. The van der Waals surface area contributed by atoms with Crippen LogP contribution in [0.2, 0.25) is 6.04 Å². The van der Waals surface area contributed by atoms with Gasteiger partial charge >= 0.3 is 8.80 Å². The van der Waals surface area contributed by atoms with Crippen LogP contribution < -0.4 is 0 Å². The fourth-order valence-corrected chi connectivity index (χ4v) is 4.80. The summed E-state index contributed by atoms with van der Waals surface area (Å²) in [5.74, 6) is 0.336. The Morgan fingerprint density at radius 1 is 1.06 bits per heavy atom. The zero-order chi connectivity index (χ0) is 12.7. The topological polar surface area (TPSA) is 27.7 Å². The third-order valence-corrected chi connectivity index (χ3v) is 6.53. The van der Waals surface area contributed by atoms with E-state index in [0.717, 1.165) is 11.4 Å². The van der Waals surface area contributed by atoms with E-state index >= 15 is 0 Å². The number of hydrogen-bond donors (Lipinski definition) is 0. The van der Waals surface area contributed by atoms with Crippen molar-refractivity contribution in [3.63, 3.8) is 0 Å². The van der Waals surface area contributed by atoms with Crippen LogP contribution in [0.4, 0.5) is 0 Å². The Hall–Kier alpha value is -0.203. The molecule has 0 spiro atoms. The van der Waals surface area contributed by atoms with Crippen molar-refractivity contribution < 1.29 is 13.3 Å². The number of benzene rings is 1. The largest absolute Gasteiger partial charge is 0.500 e. The van der Waals surface area contributed by atoms with Crippen LogP contribution in [-0.2, 0) is 13.3 Å². The van der Waals surface area contributed by atoms with Gasteiger partial charge in [-0.3, -0.25) is 0 Å². The molecule has 0 saturated carbocycles. The van der Waals surface area contributed by atoms with Crippen LogP contribution in [0.1, 0.15) is 11.5 Å². The number of rotatable bonds is 7.